The molecule has 21 heavy (non-hydrogen) atoms. The first-order valence-electron chi connectivity index (χ1n) is 6.03. The summed E-state index contributed by atoms with van der Waals surface area (Å²) in [6.07, 6.45) is -4.68. The number of carbonyl (C=O) groups is 1. The molecule has 2 rings (SSSR count). The van der Waals surface area contributed by atoms with E-state index in [0.717, 1.165) is 19.1 Å². The van der Waals surface area contributed by atoms with Crippen molar-refractivity contribution in [3.05, 3.63) is 29.6 Å². The van der Waals surface area contributed by atoms with Gasteiger partial charge < -0.3 is 9.64 Å². The molecule has 0 radical (unpaired) electrons. The summed E-state index contributed by atoms with van der Waals surface area (Å²) in [6.45, 7) is -0.211. The average molecular weight is 370 g/mol. The van der Waals surface area contributed by atoms with E-state index in [4.69, 9.17) is 4.74 Å². The van der Waals surface area contributed by atoms with Gasteiger partial charge >= 0.3 is 6.18 Å². The summed E-state index contributed by atoms with van der Waals surface area (Å²) in [7, 11) is 0. The Kier molecular flexibility index (Phi) is 4.19. The van der Waals surface area contributed by atoms with Gasteiger partial charge in [-0.2, -0.15) is 13.2 Å². The van der Waals surface area contributed by atoms with Crippen LogP contribution in [-0.2, 0) is 11.3 Å². The van der Waals surface area contributed by atoms with Crippen LogP contribution in [0.2, 0.25) is 0 Å². The first-order valence-corrected chi connectivity index (χ1v) is 7.15. The lowest BCUT2D eigenvalue weighted by molar-refractivity contribution is -0.233. The van der Waals surface area contributed by atoms with Crippen molar-refractivity contribution < 1.29 is 27.1 Å². The summed E-state index contributed by atoms with van der Waals surface area (Å²) in [6, 6.07) is 3.45. The molecule has 0 aromatic heterocycles. The topological polar surface area (TPSA) is 29.5 Å². The van der Waals surface area contributed by atoms with Crippen molar-refractivity contribution in [2.45, 2.75) is 25.2 Å². The predicted octanol–water partition coefficient (Wildman–Crippen LogP) is 3.26. The van der Waals surface area contributed by atoms with E-state index in [1.165, 1.54) is 6.07 Å². The highest BCUT2D eigenvalue weighted by Gasteiger charge is 2.58. The molecule has 1 amide bonds. The molecule has 0 bridgehead atoms. The molecule has 0 aliphatic carbocycles. The van der Waals surface area contributed by atoms with Crippen molar-refractivity contribution in [3.63, 3.8) is 0 Å². The van der Waals surface area contributed by atoms with E-state index in [0.29, 0.717) is 4.90 Å². The number of ether oxygens (including phenoxy) is 1. The number of fused-ring (bicyclic) bond motifs is 1. The van der Waals surface area contributed by atoms with Crippen LogP contribution in [-0.4, -0.2) is 34.5 Å². The molecule has 0 N–H and O–H groups in total. The van der Waals surface area contributed by atoms with Crippen LogP contribution in [0.5, 0.6) is 5.75 Å². The Labute approximate surface area is 127 Å². The van der Waals surface area contributed by atoms with Crippen molar-refractivity contribution in [2.24, 2.45) is 0 Å². The third-order valence-corrected chi connectivity index (χ3v) is 3.96. The molecule has 0 saturated carbocycles. The highest BCUT2D eigenvalue weighted by Crippen LogP contribution is 2.40. The quantitative estimate of drug-likeness (QED) is 0.561. The third-order valence-electron chi connectivity index (χ3n) is 3.48. The van der Waals surface area contributed by atoms with Gasteiger partial charge in [0.25, 0.3) is 0 Å². The fourth-order valence-electron chi connectivity index (χ4n) is 2.12. The van der Waals surface area contributed by atoms with Crippen molar-refractivity contribution in [1.82, 2.24) is 4.90 Å². The van der Waals surface area contributed by atoms with E-state index in [1.807, 2.05) is 0 Å². The Balaban J connectivity index is 2.50. The minimum absolute atomic E-state index is 0.150. The lowest BCUT2D eigenvalue weighted by Crippen LogP contribution is -2.61. The van der Waals surface area contributed by atoms with Gasteiger partial charge in [-0.1, -0.05) is 15.9 Å². The number of alkyl halides is 4. The molecule has 1 atom stereocenters. The Morgan fingerprint density at radius 1 is 1.48 bits per heavy atom. The predicted molar refractivity (Wildman–Crippen MR) is 70.7 cm³/mol. The lowest BCUT2D eigenvalue weighted by atomic mass is 9.99. The molecule has 1 aliphatic rings. The van der Waals surface area contributed by atoms with Crippen LogP contribution in [0.4, 0.5) is 17.6 Å². The van der Waals surface area contributed by atoms with Gasteiger partial charge in [-0.05, 0) is 25.1 Å². The zero-order valence-electron chi connectivity index (χ0n) is 11.0. The molecule has 1 aromatic carbocycles. The summed E-state index contributed by atoms with van der Waals surface area (Å²) in [5.41, 5.74) is -2.27. The highest BCUT2D eigenvalue weighted by molar-refractivity contribution is 9.09. The lowest BCUT2D eigenvalue weighted by Gasteiger charge is -2.40. The molecule has 1 aromatic rings. The Hall–Kier alpha value is -1.31. The van der Waals surface area contributed by atoms with Crippen LogP contribution in [0.3, 0.4) is 0 Å². The number of halogens is 5. The van der Waals surface area contributed by atoms with E-state index < -0.39 is 30.0 Å². The number of benzene rings is 1. The summed E-state index contributed by atoms with van der Waals surface area (Å²) in [5, 5.41) is -0.261. The van der Waals surface area contributed by atoms with Crippen LogP contribution in [0, 0.1) is 5.82 Å². The Morgan fingerprint density at radius 3 is 2.71 bits per heavy atom. The maximum absolute atomic E-state index is 13.4. The van der Waals surface area contributed by atoms with Crippen molar-refractivity contribution in [3.8, 4) is 5.75 Å². The van der Waals surface area contributed by atoms with Crippen LogP contribution >= 0.6 is 15.9 Å². The van der Waals surface area contributed by atoms with Crippen LogP contribution in [0.25, 0.3) is 0 Å². The zero-order chi connectivity index (χ0) is 15.8. The first kappa shape index (κ1) is 16.1. The maximum atomic E-state index is 13.4. The second-order valence-electron chi connectivity index (χ2n) is 4.93. The fourth-order valence-corrected chi connectivity index (χ4v) is 2.43. The molecule has 0 fully saturated rings. The summed E-state index contributed by atoms with van der Waals surface area (Å²) < 4.78 is 58.6. The number of carbonyl (C=O) groups excluding carboxylic acids is 1. The van der Waals surface area contributed by atoms with Gasteiger partial charge in [0.15, 0.2) is 5.54 Å². The largest absolute Gasteiger partial charge is 0.490 e. The number of hydrogen-bond acceptors (Lipinski definition) is 2. The average Bonchev–Trinajstić information content (AvgIpc) is 2.55. The van der Waals surface area contributed by atoms with Crippen LogP contribution in [0.1, 0.15) is 12.5 Å². The number of hydrogen-bond donors (Lipinski definition) is 0. The van der Waals surface area contributed by atoms with E-state index in [2.05, 4.69) is 15.9 Å². The molecule has 116 valence electrons. The van der Waals surface area contributed by atoms with E-state index in [1.54, 1.807) is 0 Å². The standard InChI is InChI=1S/C13H12BrF4NO2/c1-12(13(16,17)18)7-21-10-3-2-9(15)4-8(10)6-19(12)11(20)5-14/h2-4H,5-7H2,1H3/t12-/m1/s1. The highest BCUT2D eigenvalue weighted by atomic mass is 79.9. The molecular formula is C13H12BrF4NO2. The van der Waals surface area contributed by atoms with E-state index in [9.17, 15) is 22.4 Å². The van der Waals surface area contributed by atoms with Gasteiger partial charge in [-0.15, -0.1) is 0 Å². The monoisotopic (exact) mass is 369 g/mol. The summed E-state index contributed by atoms with van der Waals surface area (Å²) in [4.78, 5) is 12.6. The van der Waals surface area contributed by atoms with Gasteiger partial charge in [0.05, 0.1) is 11.9 Å². The molecule has 1 heterocycles. The third kappa shape index (κ3) is 2.86. The number of nitrogens with zero attached hydrogens (tertiary/aromatic N) is 1. The second kappa shape index (κ2) is 5.47. The van der Waals surface area contributed by atoms with E-state index in [-0.39, 0.29) is 23.2 Å². The summed E-state index contributed by atoms with van der Waals surface area (Å²) in [5.74, 6) is -1.19. The maximum Gasteiger partial charge on any atom is 0.414 e. The number of amides is 1. The SMILES string of the molecule is C[C@]1(C(F)(F)F)COc2ccc(F)cc2CN1C(=O)CBr. The van der Waals surface area contributed by atoms with Gasteiger partial charge in [0, 0.05) is 5.56 Å². The van der Waals surface area contributed by atoms with Gasteiger partial charge in [0.1, 0.15) is 18.2 Å². The summed E-state index contributed by atoms with van der Waals surface area (Å²) >= 11 is 2.88. The van der Waals surface area contributed by atoms with Crippen LogP contribution in [0.15, 0.2) is 18.2 Å². The second-order valence-corrected chi connectivity index (χ2v) is 5.49. The fraction of sp³-hybridized carbons (Fsp3) is 0.462. The van der Waals surface area contributed by atoms with E-state index >= 15 is 0 Å². The minimum Gasteiger partial charge on any atom is -0.490 e. The molecular weight excluding hydrogens is 358 g/mol. The first-order chi connectivity index (χ1) is 9.69. The van der Waals surface area contributed by atoms with Crippen molar-refractivity contribution in [1.29, 1.82) is 0 Å². The molecule has 3 nitrogen and oxygen atoms in total. The molecule has 8 heteroatoms. The Bertz CT molecular complexity index is 564. The smallest absolute Gasteiger partial charge is 0.414 e. The van der Waals surface area contributed by atoms with Crippen molar-refractivity contribution >= 4 is 21.8 Å². The normalized spacial score (nSPS) is 22.3. The van der Waals surface area contributed by atoms with Gasteiger partial charge in [-0.3, -0.25) is 4.79 Å². The number of rotatable bonds is 1. The molecule has 0 unspecified atom stereocenters. The van der Waals surface area contributed by atoms with Crippen LogP contribution < -0.4 is 4.74 Å². The molecule has 0 spiro atoms. The molecule has 1 aliphatic heterocycles. The zero-order valence-corrected chi connectivity index (χ0v) is 12.6. The molecule has 0 saturated heterocycles. The Morgan fingerprint density at radius 2 is 2.14 bits per heavy atom. The minimum atomic E-state index is -4.68. The van der Waals surface area contributed by atoms with Gasteiger partial charge in [0.2, 0.25) is 5.91 Å². The van der Waals surface area contributed by atoms with Crippen molar-refractivity contribution in [2.75, 3.05) is 11.9 Å². The van der Waals surface area contributed by atoms with Gasteiger partial charge in [-0.25, -0.2) is 4.39 Å².